The van der Waals surface area contributed by atoms with E-state index in [1.54, 1.807) is 13.1 Å². The SMILES string of the molecule is Cc1ccc(COc2ccc(/C=N\NC(=O)[C@@H](C)Oc3ccc4ccccc4c3)cc2)cc1. The molecule has 0 saturated carbocycles. The third-order valence-corrected chi connectivity index (χ3v) is 5.20. The summed E-state index contributed by atoms with van der Waals surface area (Å²) in [4.78, 5) is 12.3. The van der Waals surface area contributed by atoms with E-state index in [0.29, 0.717) is 12.4 Å². The molecule has 166 valence electrons. The third-order valence-electron chi connectivity index (χ3n) is 5.20. The van der Waals surface area contributed by atoms with Crippen LogP contribution in [0.4, 0.5) is 0 Å². The van der Waals surface area contributed by atoms with Gasteiger partial charge in [-0.1, -0.05) is 60.2 Å². The molecular weight excluding hydrogens is 412 g/mol. The number of nitrogens with one attached hydrogen (secondary N) is 1. The fraction of sp³-hybridized carbons (Fsp3) is 0.143. The van der Waals surface area contributed by atoms with Crippen molar-refractivity contribution >= 4 is 22.9 Å². The number of carbonyl (C=O) groups excluding carboxylic acids is 1. The minimum Gasteiger partial charge on any atom is -0.489 e. The first kappa shape index (κ1) is 22.1. The van der Waals surface area contributed by atoms with Crippen molar-refractivity contribution in [1.82, 2.24) is 5.43 Å². The molecule has 33 heavy (non-hydrogen) atoms. The van der Waals surface area contributed by atoms with Crippen molar-refractivity contribution < 1.29 is 14.3 Å². The number of carbonyl (C=O) groups is 1. The summed E-state index contributed by atoms with van der Waals surface area (Å²) < 4.78 is 11.6. The van der Waals surface area contributed by atoms with Crippen LogP contribution in [0.3, 0.4) is 0 Å². The van der Waals surface area contributed by atoms with Crippen LogP contribution >= 0.6 is 0 Å². The van der Waals surface area contributed by atoms with Gasteiger partial charge in [0.15, 0.2) is 6.10 Å². The lowest BCUT2D eigenvalue weighted by Gasteiger charge is -2.13. The van der Waals surface area contributed by atoms with Crippen molar-refractivity contribution in [2.75, 3.05) is 0 Å². The van der Waals surface area contributed by atoms with Gasteiger partial charge in [-0.15, -0.1) is 0 Å². The van der Waals surface area contributed by atoms with Crippen LogP contribution in [0.15, 0.2) is 96.1 Å². The molecule has 0 fully saturated rings. The molecule has 4 aromatic carbocycles. The Kier molecular flexibility index (Phi) is 7.00. The number of hydrogen-bond donors (Lipinski definition) is 1. The zero-order chi connectivity index (χ0) is 23.0. The van der Waals surface area contributed by atoms with E-state index < -0.39 is 6.10 Å². The number of benzene rings is 4. The zero-order valence-corrected chi connectivity index (χ0v) is 18.7. The third kappa shape index (κ3) is 6.20. The van der Waals surface area contributed by atoms with Crippen LogP contribution in [0.1, 0.15) is 23.6 Å². The van der Waals surface area contributed by atoms with E-state index in [9.17, 15) is 4.79 Å². The number of nitrogens with zero attached hydrogens (tertiary/aromatic N) is 1. The molecule has 1 amide bonds. The Hall–Kier alpha value is -4.12. The van der Waals surface area contributed by atoms with Gasteiger partial charge in [0.25, 0.3) is 5.91 Å². The fourth-order valence-electron chi connectivity index (χ4n) is 3.26. The van der Waals surface area contributed by atoms with Gasteiger partial charge in [-0.25, -0.2) is 5.43 Å². The molecule has 5 heteroatoms. The smallest absolute Gasteiger partial charge is 0.280 e. The van der Waals surface area contributed by atoms with E-state index in [4.69, 9.17) is 9.47 Å². The minimum absolute atomic E-state index is 0.322. The Balaban J connectivity index is 1.26. The molecule has 4 aromatic rings. The highest BCUT2D eigenvalue weighted by Crippen LogP contribution is 2.21. The van der Waals surface area contributed by atoms with Gasteiger partial charge in [-0.3, -0.25) is 4.79 Å². The van der Waals surface area contributed by atoms with Crippen molar-refractivity contribution in [3.63, 3.8) is 0 Å². The van der Waals surface area contributed by atoms with Crippen molar-refractivity contribution in [1.29, 1.82) is 0 Å². The summed E-state index contributed by atoms with van der Waals surface area (Å²) in [6, 6.07) is 29.5. The summed E-state index contributed by atoms with van der Waals surface area (Å²) in [6.45, 7) is 4.27. The Bertz CT molecular complexity index is 1250. The lowest BCUT2D eigenvalue weighted by atomic mass is 10.1. The van der Waals surface area contributed by atoms with Crippen molar-refractivity contribution in [3.8, 4) is 11.5 Å². The Labute approximate surface area is 193 Å². The molecule has 0 radical (unpaired) electrons. The number of ether oxygens (including phenoxy) is 2. The van der Waals surface area contributed by atoms with Crippen molar-refractivity contribution in [3.05, 3.63) is 108 Å². The van der Waals surface area contributed by atoms with Gasteiger partial charge >= 0.3 is 0 Å². The molecule has 4 rings (SSSR count). The lowest BCUT2D eigenvalue weighted by molar-refractivity contribution is -0.127. The highest BCUT2D eigenvalue weighted by atomic mass is 16.5. The number of aryl methyl sites for hydroxylation is 1. The summed E-state index contributed by atoms with van der Waals surface area (Å²) in [6.07, 6.45) is 0.908. The highest BCUT2D eigenvalue weighted by molar-refractivity contribution is 5.85. The maximum absolute atomic E-state index is 12.3. The van der Waals surface area contributed by atoms with E-state index in [1.807, 2.05) is 66.7 Å². The lowest BCUT2D eigenvalue weighted by Crippen LogP contribution is -2.33. The number of rotatable bonds is 8. The van der Waals surface area contributed by atoms with Crippen LogP contribution in [0.25, 0.3) is 10.8 Å². The van der Waals surface area contributed by atoms with Gasteiger partial charge in [0.1, 0.15) is 18.1 Å². The van der Waals surface area contributed by atoms with E-state index in [1.165, 1.54) is 5.56 Å². The number of hydrogen-bond acceptors (Lipinski definition) is 4. The number of fused-ring (bicyclic) bond motifs is 1. The molecule has 0 aliphatic heterocycles. The predicted octanol–water partition coefficient (Wildman–Crippen LogP) is 5.64. The molecule has 1 atom stereocenters. The van der Waals surface area contributed by atoms with Crippen molar-refractivity contribution in [2.45, 2.75) is 26.6 Å². The second-order valence-electron chi connectivity index (χ2n) is 7.85. The summed E-state index contributed by atoms with van der Waals surface area (Å²) in [5.74, 6) is 1.09. The average molecular weight is 439 g/mol. The van der Waals surface area contributed by atoms with Gasteiger partial charge in [0, 0.05) is 0 Å². The molecule has 0 saturated heterocycles. The molecule has 5 nitrogen and oxygen atoms in total. The average Bonchev–Trinajstić information content (AvgIpc) is 2.84. The van der Waals surface area contributed by atoms with Gasteiger partial charge in [-0.2, -0.15) is 5.10 Å². The van der Waals surface area contributed by atoms with Crippen LogP contribution in [-0.4, -0.2) is 18.2 Å². The van der Waals surface area contributed by atoms with Crippen LogP contribution in [0.2, 0.25) is 0 Å². The molecule has 0 spiro atoms. The Morgan fingerprint density at radius 2 is 1.61 bits per heavy atom. The molecular formula is C28H26N2O3. The van der Waals surface area contributed by atoms with E-state index in [-0.39, 0.29) is 5.91 Å². The molecule has 0 aromatic heterocycles. The van der Waals surface area contributed by atoms with Gasteiger partial charge < -0.3 is 9.47 Å². The fourth-order valence-corrected chi connectivity index (χ4v) is 3.26. The van der Waals surface area contributed by atoms with Gasteiger partial charge in [0.2, 0.25) is 0 Å². The van der Waals surface area contributed by atoms with Crippen LogP contribution in [-0.2, 0) is 11.4 Å². The van der Waals surface area contributed by atoms with E-state index >= 15 is 0 Å². The van der Waals surface area contributed by atoms with Crippen molar-refractivity contribution in [2.24, 2.45) is 5.10 Å². The standard InChI is InChI=1S/C28H26N2O3/c1-20-7-9-23(10-8-20)19-32-26-14-11-22(12-15-26)18-29-30-28(31)21(2)33-27-16-13-24-5-3-4-6-25(24)17-27/h3-18,21H,19H2,1-2H3,(H,30,31)/b29-18-/t21-/m1/s1. The monoisotopic (exact) mass is 438 g/mol. The van der Waals surface area contributed by atoms with Crippen LogP contribution in [0, 0.1) is 6.92 Å². The predicted molar refractivity (Wildman–Crippen MR) is 132 cm³/mol. The van der Waals surface area contributed by atoms with Gasteiger partial charge in [-0.05, 0) is 72.1 Å². The van der Waals surface area contributed by atoms with Crippen LogP contribution < -0.4 is 14.9 Å². The van der Waals surface area contributed by atoms with Gasteiger partial charge in [0.05, 0.1) is 6.21 Å². The first-order valence-corrected chi connectivity index (χ1v) is 10.8. The molecule has 0 bridgehead atoms. The second kappa shape index (κ2) is 10.5. The molecule has 0 heterocycles. The van der Waals surface area contributed by atoms with E-state index in [0.717, 1.165) is 27.6 Å². The molecule has 0 unspecified atom stereocenters. The quantitative estimate of drug-likeness (QED) is 0.286. The first-order chi connectivity index (χ1) is 16.1. The number of hydrazone groups is 1. The summed E-state index contributed by atoms with van der Waals surface area (Å²) in [5, 5.41) is 6.23. The molecule has 1 N–H and O–H groups in total. The first-order valence-electron chi connectivity index (χ1n) is 10.8. The molecule has 0 aliphatic rings. The van der Waals surface area contributed by atoms with E-state index in [2.05, 4.69) is 41.7 Å². The Morgan fingerprint density at radius 1 is 0.909 bits per heavy atom. The Morgan fingerprint density at radius 3 is 2.36 bits per heavy atom. The largest absolute Gasteiger partial charge is 0.489 e. The highest BCUT2D eigenvalue weighted by Gasteiger charge is 2.14. The topological polar surface area (TPSA) is 59.9 Å². The van der Waals surface area contributed by atoms with Crippen LogP contribution in [0.5, 0.6) is 11.5 Å². The molecule has 0 aliphatic carbocycles. The second-order valence-corrected chi connectivity index (χ2v) is 7.85. The number of amides is 1. The summed E-state index contributed by atoms with van der Waals surface area (Å²) >= 11 is 0. The zero-order valence-electron chi connectivity index (χ0n) is 18.7. The minimum atomic E-state index is -0.680. The maximum atomic E-state index is 12.3. The summed E-state index contributed by atoms with van der Waals surface area (Å²) in [7, 11) is 0. The summed E-state index contributed by atoms with van der Waals surface area (Å²) in [5.41, 5.74) is 5.72. The normalized spacial score (nSPS) is 11.9. The maximum Gasteiger partial charge on any atom is 0.280 e.